The molecule has 0 nitrogen and oxygen atoms in total. The molecule has 0 aliphatic heterocycles. The van der Waals surface area contributed by atoms with Gasteiger partial charge in [0.2, 0.25) is 0 Å². The Hall–Kier alpha value is -1.18. The fourth-order valence-electron chi connectivity index (χ4n) is 1.36. The van der Waals surface area contributed by atoms with Crippen molar-refractivity contribution in [2.45, 2.75) is 32.6 Å². The first-order chi connectivity index (χ1) is 7.13. The van der Waals surface area contributed by atoms with E-state index < -0.39 is 6.43 Å². The Morgan fingerprint density at radius 3 is 2.20 bits per heavy atom. The molecule has 2 heteroatoms. The quantitative estimate of drug-likeness (QED) is 0.644. The predicted molar refractivity (Wildman–Crippen MR) is 59.3 cm³/mol. The summed E-state index contributed by atoms with van der Waals surface area (Å²) in [5.74, 6) is 0. The van der Waals surface area contributed by atoms with Gasteiger partial charge in [-0.15, -0.1) is 0 Å². The molecule has 0 heterocycles. The zero-order chi connectivity index (χ0) is 11.3. The molecule has 0 aromatic heterocycles. The van der Waals surface area contributed by atoms with Crippen LogP contribution in [-0.2, 0) is 12.8 Å². The highest BCUT2D eigenvalue weighted by atomic mass is 19.3. The number of allylic oxidation sites excluding steroid dienone is 1. The van der Waals surface area contributed by atoms with E-state index in [9.17, 15) is 8.78 Å². The van der Waals surface area contributed by atoms with Gasteiger partial charge in [-0.3, -0.25) is 0 Å². The predicted octanol–water partition coefficient (Wildman–Crippen LogP) is 4.00. The third kappa shape index (κ3) is 3.82. The molecular formula is C13H16F2. The van der Waals surface area contributed by atoms with Crippen molar-refractivity contribution < 1.29 is 8.78 Å². The lowest BCUT2D eigenvalue weighted by atomic mass is 10.0. The second kappa shape index (κ2) is 5.64. The van der Waals surface area contributed by atoms with Crippen molar-refractivity contribution in [1.29, 1.82) is 0 Å². The van der Waals surface area contributed by atoms with Gasteiger partial charge in [0.05, 0.1) is 0 Å². The number of halogens is 2. The highest BCUT2D eigenvalue weighted by Crippen LogP contribution is 2.14. The van der Waals surface area contributed by atoms with Gasteiger partial charge in [-0.1, -0.05) is 37.8 Å². The van der Waals surface area contributed by atoms with E-state index in [2.05, 4.69) is 13.5 Å². The van der Waals surface area contributed by atoms with Crippen molar-refractivity contribution in [3.8, 4) is 0 Å². The maximum Gasteiger partial charge on any atom is 0.259 e. The van der Waals surface area contributed by atoms with E-state index in [0.717, 1.165) is 12.0 Å². The SMILES string of the molecule is C=C(CCc1ccc(CC)cc1)C(F)F. The molecule has 82 valence electrons. The molecule has 1 aromatic rings. The molecule has 0 unspecified atom stereocenters. The molecule has 0 fully saturated rings. The first-order valence-corrected chi connectivity index (χ1v) is 5.17. The lowest BCUT2D eigenvalue weighted by Gasteiger charge is -2.05. The smallest absolute Gasteiger partial charge is 0.205 e. The Morgan fingerprint density at radius 2 is 1.73 bits per heavy atom. The topological polar surface area (TPSA) is 0 Å². The molecule has 1 aromatic carbocycles. The molecule has 0 N–H and O–H groups in total. The van der Waals surface area contributed by atoms with Crippen molar-refractivity contribution in [3.63, 3.8) is 0 Å². The van der Waals surface area contributed by atoms with Crippen LogP contribution in [-0.4, -0.2) is 6.43 Å². The monoisotopic (exact) mass is 210 g/mol. The third-order valence-corrected chi connectivity index (χ3v) is 2.47. The number of aryl methyl sites for hydroxylation is 2. The summed E-state index contributed by atoms with van der Waals surface area (Å²) < 4.78 is 24.3. The van der Waals surface area contributed by atoms with Gasteiger partial charge in [-0.2, -0.15) is 0 Å². The van der Waals surface area contributed by atoms with Gasteiger partial charge in [-0.05, 0) is 36.0 Å². The molecule has 0 radical (unpaired) electrons. The van der Waals surface area contributed by atoms with E-state index >= 15 is 0 Å². The summed E-state index contributed by atoms with van der Waals surface area (Å²) in [5.41, 5.74) is 2.38. The fourth-order valence-corrected chi connectivity index (χ4v) is 1.36. The molecule has 0 saturated heterocycles. The average molecular weight is 210 g/mol. The van der Waals surface area contributed by atoms with Crippen LogP contribution in [0.5, 0.6) is 0 Å². The summed E-state index contributed by atoms with van der Waals surface area (Å²) in [4.78, 5) is 0. The van der Waals surface area contributed by atoms with Crippen LogP contribution in [0.1, 0.15) is 24.5 Å². The van der Waals surface area contributed by atoms with Gasteiger partial charge in [0.25, 0.3) is 6.43 Å². The number of rotatable bonds is 5. The maximum atomic E-state index is 12.2. The first-order valence-electron chi connectivity index (χ1n) is 5.17. The summed E-state index contributed by atoms with van der Waals surface area (Å²) in [6.45, 7) is 5.44. The van der Waals surface area contributed by atoms with Crippen LogP contribution in [0, 0.1) is 0 Å². The van der Waals surface area contributed by atoms with Crippen molar-refractivity contribution >= 4 is 0 Å². The molecular weight excluding hydrogens is 194 g/mol. The standard InChI is InChI=1S/C13H16F2/c1-3-11-6-8-12(9-7-11)5-4-10(2)13(14)15/h6-9,13H,2-5H2,1H3. The van der Waals surface area contributed by atoms with Crippen molar-refractivity contribution in [2.24, 2.45) is 0 Å². The zero-order valence-corrected chi connectivity index (χ0v) is 8.97. The molecule has 0 amide bonds. The molecule has 0 saturated carbocycles. The van der Waals surface area contributed by atoms with Gasteiger partial charge in [0.15, 0.2) is 0 Å². The van der Waals surface area contributed by atoms with E-state index in [4.69, 9.17) is 0 Å². The van der Waals surface area contributed by atoms with Gasteiger partial charge in [-0.25, -0.2) is 8.78 Å². The minimum atomic E-state index is -2.39. The first kappa shape index (κ1) is 11.9. The molecule has 0 spiro atoms. The normalized spacial score (nSPS) is 10.7. The van der Waals surface area contributed by atoms with Crippen LogP contribution in [0.2, 0.25) is 0 Å². The van der Waals surface area contributed by atoms with E-state index in [1.54, 1.807) is 0 Å². The van der Waals surface area contributed by atoms with Crippen LogP contribution in [0.3, 0.4) is 0 Å². The molecule has 0 aliphatic rings. The van der Waals surface area contributed by atoms with Gasteiger partial charge in [0.1, 0.15) is 0 Å². The number of hydrogen-bond acceptors (Lipinski definition) is 0. The summed E-state index contributed by atoms with van der Waals surface area (Å²) in [5, 5.41) is 0. The Labute approximate surface area is 89.6 Å². The van der Waals surface area contributed by atoms with Crippen molar-refractivity contribution in [1.82, 2.24) is 0 Å². The van der Waals surface area contributed by atoms with Gasteiger partial charge < -0.3 is 0 Å². The van der Waals surface area contributed by atoms with Gasteiger partial charge >= 0.3 is 0 Å². The average Bonchev–Trinajstić information content (AvgIpc) is 2.26. The summed E-state index contributed by atoms with van der Waals surface area (Å²) in [7, 11) is 0. The molecule has 1 rings (SSSR count). The lowest BCUT2D eigenvalue weighted by Crippen LogP contribution is -1.97. The lowest BCUT2D eigenvalue weighted by molar-refractivity contribution is 0.185. The molecule has 15 heavy (non-hydrogen) atoms. The fraction of sp³-hybridized carbons (Fsp3) is 0.385. The minimum Gasteiger partial charge on any atom is -0.205 e. The summed E-state index contributed by atoms with van der Waals surface area (Å²) in [6.07, 6.45) is -0.375. The largest absolute Gasteiger partial charge is 0.259 e. The second-order valence-corrected chi connectivity index (χ2v) is 3.63. The zero-order valence-electron chi connectivity index (χ0n) is 8.97. The number of hydrogen-bond donors (Lipinski definition) is 0. The van der Waals surface area contributed by atoms with E-state index in [-0.39, 0.29) is 5.57 Å². The molecule has 0 aliphatic carbocycles. The van der Waals surface area contributed by atoms with Crippen LogP contribution >= 0.6 is 0 Å². The Kier molecular flexibility index (Phi) is 4.47. The minimum absolute atomic E-state index is 0.0227. The summed E-state index contributed by atoms with van der Waals surface area (Å²) >= 11 is 0. The Balaban J connectivity index is 2.47. The Bertz CT molecular complexity index is 312. The van der Waals surface area contributed by atoms with Crippen LogP contribution in [0.25, 0.3) is 0 Å². The summed E-state index contributed by atoms with van der Waals surface area (Å²) in [6, 6.07) is 8.08. The van der Waals surface area contributed by atoms with Crippen LogP contribution in [0.15, 0.2) is 36.4 Å². The molecule has 0 atom stereocenters. The maximum absolute atomic E-state index is 12.2. The third-order valence-electron chi connectivity index (χ3n) is 2.47. The van der Waals surface area contributed by atoms with E-state index in [0.29, 0.717) is 12.8 Å². The highest BCUT2D eigenvalue weighted by molar-refractivity contribution is 5.23. The molecule has 0 bridgehead atoms. The second-order valence-electron chi connectivity index (χ2n) is 3.63. The van der Waals surface area contributed by atoms with E-state index in [1.807, 2.05) is 24.3 Å². The number of benzene rings is 1. The highest BCUT2D eigenvalue weighted by Gasteiger charge is 2.07. The van der Waals surface area contributed by atoms with E-state index in [1.165, 1.54) is 5.56 Å². The van der Waals surface area contributed by atoms with Gasteiger partial charge in [0, 0.05) is 0 Å². The number of alkyl halides is 2. The van der Waals surface area contributed by atoms with Crippen molar-refractivity contribution in [2.75, 3.05) is 0 Å². The van der Waals surface area contributed by atoms with Crippen molar-refractivity contribution in [3.05, 3.63) is 47.5 Å². The Morgan fingerprint density at radius 1 is 1.20 bits per heavy atom. The van der Waals surface area contributed by atoms with Crippen LogP contribution < -0.4 is 0 Å². The van der Waals surface area contributed by atoms with Crippen LogP contribution in [0.4, 0.5) is 8.78 Å².